The molecule has 0 aliphatic rings. The number of nitrogen functional groups attached to an aromatic ring is 1. The molecule has 0 unspecified atom stereocenters. The number of hydrogen-bond acceptors (Lipinski definition) is 5. The summed E-state index contributed by atoms with van der Waals surface area (Å²) in [7, 11) is 0. The Kier molecular flexibility index (Phi) is 5.31. The lowest BCUT2D eigenvalue weighted by atomic mass is 10.1. The molecule has 2 rings (SSSR count). The minimum atomic E-state index is -1.02. The fraction of sp³-hybridized carbons (Fsp3) is 0.167. The zero-order valence-electron chi connectivity index (χ0n) is 13.4. The van der Waals surface area contributed by atoms with Crippen LogP contribution in [0.4, 0.5) is 11.4 Å². The Bertz CT molecular complexity index is 769. The molecule has 1 atom stereocenters. The maximum atomic E-state index is 12.2. The van der Waals surface area contributed by atoms with Crippen LogP contribution in [-0.4, -0.2) is 23.8 Å². The van der Waals surface area contributed by atoms with Gasteiger partial charge >= 0.3 is 5.97 Å². The number of esters is 1. The number of hydrogen-bond donors (Lipinski definition) is 2. The second-order valence-electron chi connectivity index (χ2n) is 5.26. The van der Waals surface area contributed by atoms with E-state index in [4.69, 9.17) is 10.5 Å². The fourth-order valence-electron chi connectivity index (χ4n) is 2.03. The van der Waals surface area contributed by atoms with Gasteiger partial charge in [-0.15, -0.1) is 0 Å². The van der Waals surface area contributed by atoms with Crippen molar-refractivity contribution in [3.05, 3.63) is 59.7 Å². The van der Waals surface area contributed by atoms with Crippen molar-refractivity contribution in [2.24, 2.45) is 0 Å². The Hall–Kier alpha value is -3.15. The number of benzene rings is 2. The molecule has 0 radical (unpaired) electrons. The number of Topliss-reactive ketones (excluding diaryl/α,β-unsaturated/α-hetero) is 1. The van der Waals surface area contributed by atoms with E-state index in [2.05, 4.69) is 5.32 Å². The van der Waals surface area contributed by atoms with Gasteiger partial charge in [-0.1, -0.05) is 12.1 Å². The third kappa shape index (κ3) is 4.19. The Morgan fingerprint density at radius 1 is 1.04 bits per heavy atom. The van der Waals surface area contributed by atoms with Crippen LogP contribution in [0.2, 0.25) is 0 Å². The van der Waals surface area contributed by atoms with Crippen LogP contribution in [0.3, 0.4) is 0 Å². The van der Waals surface area contributed by atoms with Crippen LogP contribution in [0.15, 0.2) is 48.5 Å². The summed E-state index contributed by atoms with van der Waals surface area (Å²) in [5.74, 6) is -1.32. The van der Waals surface area contributed by atoms with E-state index in [1.165, 1.54) is 26.0 Å². The van der Waals surface area contributed by atoms with Gasteiger partial charge < -0.3 is 15.8 Å². The first-order chi connectivity index (χ1) is 11.4. The number of rotatable bonds is 5. The first-order valence-corrected chi connectivity index (χ1v) is 7.36. The van der Waals surface area contributed by atoms with Crippen molar-refractivity contribution in [2.75, 3.05) is 11.1 Å². The van der Waals surface area contributed by atoms with E-state index in [9.17, 15) is 14.4 Å². The standard InChI is InChI=1S/C18H18N2O4/c1-11(21)15-5-3-4-6-16(15)20-17(22)12(2)24-18(23)13-7-9-14(19)10-8-13/h3-10,12H,19H2,1-2H3,(H,20,22)/t12-/m0/s1. The normalized spacial score (nSPS) is 11.4. The van der Waals surface area contributed by atoms with Crippen LogP contribution in [0, 0.1) is 0 Å². The van der Waals surface area contributed by atoms with Crippen molar-refractivity contribution in [1.29, 1.82) is 0 Å². The molecule has 3 N–H and O–H groups in total. The molecule has 0 aliphatic carbocycles. The van der Waals surface area contributed by atoms with Gasteiger partial charge in [0, 0.05) is 11.3 Å². The van der Waals surface area contributed by atoms with Gasteiger partial charge in [-0.25, -0.2) is 4.79 Å². The molecule has 6 nitrogen and oxygen atoms in total. The lowest BCUT2D eigenvalue weighted by molar-refractivity contribution is -0.123. The number of para-hydroxylation sites is 1. The van der Waals surface area contributed by atoms with E-state index in [1.807, 2.05) is 0 Å². The number of nitrogens with two attached hydrogens (primary N) is 1. The number of ketones is 1. The van der Waals surface area contributed by atoms with Crippen LogP contribution in [0.5, 0.6) is 0 Å². The van der Waals surface area contributed by atoms with E-state index in [-0.39, 0.29) is 5.78 Å². The molecule has 124 valence electrons. The van der Waals surface area contributed by atoms with Gasteiger partial charge in [0.05, 0.1) is 11.3 Å². The molecule has 0 spiro atoms. The minimum absolute atomic E-state index is 0.169. The van der Waals surface area contributed by atoms with E-state index in [0.29, 0.717) is 22.5 Å². The second kappa shape index (κ2) is 7.41. The van der Waals surface area contributed by atoms with Gasteiger partial charge in [-0.3, -0.25) is 9.59 Å². The summed E-state index contributed by atoms with van der Waals surface area (Å²) >= 11 is 0. The molecular weight excluding hydrogens is 308 g/mol. The van der Waals surface area contributed by atoms with Crippen molar-refractivity contribution in [3.63, 3.8) is 0 Å². The van der Waals surface area contributed by atoms with Gasteiger partial charge in [-0.05, 0) is 50.2 Å². The van der Waals surface area contributed by atoms with Gasteiger partial charge in [0.2, 0.25) is 0 Å². The first-order valence-electron chi connectivity index (χ1n) is 7.36. The molecule has 2 aromatic rings. The summed E-state index contributed by atoms with van der Waals surface area (Å²) in [6.45, 7) is 2.87. The molecule has 0 aliphatic heterocycles. The summed E-state index contributed by atoms with van der Waals surface area (Å²) in [5.41, 5.74) is 7.15. The van der Waals surface area contributed by atoms with Gasteiger partial charge in [0.15, 0.2) is 11.9 Å². The number of anilines is 2. The fourth-order valence-corrected chi connectivity index (χ4v) is 2.03. The molecule has 0 fully saturated rings. The molecule has 2 aromatic carbocycles. The van der Waals surface area contributed by atoms with Crippen LogP contribution < -0.4 is 11.1 Å². The number of ether oxygens (including phenoxy) is 1. The van der Waals surface area contributed by atoms with Gasteiger partial charge in [-0.2, -0.15) is 0 Å². The molecule has 0 heterocycles. The quantitative estimate of drug-likeness (QED) is 0.500. The molecule has 0 saturated carbocycles. The topological polar surface area (TPSA) is 98.5 Å². The second-order valence-corrected chi connectivity index (χ2v) is 5.26. The summed E-state index contributed by atoms with van der Waals surface area (Å²) in [6, 6.07) is 12.8. The summed E-state index contributed by atoms with van der Waals surface area (Å²) in [5, 5.41) is 2.60. The molecule has 6 heteroatoms. The zero-order valence-corrected chi connectivity index (χ0v) is 13.4. The monoisotopic (exact) mass is 326 g/mol. The first kappa shape index (κ1) is 17.2. The van der Waals surface area contributed by atoms with E-state index >= 15 is 0 Å². The van der Waals surface area contributed by atoms with Crippen LogP contribution >= 0.6 is 0 Å². The number of nitrogens with one attached hydrogen (secondary N) is 1. The van der Waals surface area contributed by atoms with E-state index in [0.717, 1.165) is 0 Å². The lowest BCUT2D eigenvalue weighted by Gasteiger charge is -2.15. The third-order valence-electron chi connectivity index (χ3n) is 3.36. The van der Waals surface area contributed by atoms with Crippen LogP contribution in [-0.2, 0) is 9.53 Å². The Balaban J connectivity index is 2.04. The van der Waals surface area contributed by atoms with Crippen molar-refractivity contribution in [2.45, 2.75) is 20.0 Å². The number of carbonyl (C=O) groups excluding carboxylic acids is 3. The average molecular weight is 326 g/mol. The number of carbonyl (C=O) groups is 3. The van der Waals surface area contributed by atoms with Crippen molar-refractivity contribution in [1.82, 2.24) is 0 Å². The minimum Gasteiger partial charge on any atom is -0.449 e. The Labute approximate surface area is 139 Å². The highest BCUT2D eigenvalue weighted by molar-refractivity contribution is 6.05. The highest BCUT2D eigenvalue weighted by Crippen LogP contribution is 2.16. The number of amides is 1. The molecule has 0 bridgehead atoms. The molecule has 0 saturated heterocycles. The predicted molar refractivity (Wildman–Crippen MR) is 90.8 cm³/mol. The zero-order chi connectivity index (χ0) is 17.7. The molecule has 1 amide bonds. The highest BCUT2D eigenvalue weighted by atomic mass is 16.5. The maximum Gasteiger partial charge on any atom is 0.338 e. The maximum absolute atomic E-state index is 12.2. The van der Waals surface area contributed by atoms with Gasteiger partial charge in [0.1, 0.15) is 0 Å². The predicted octanol–water partition coefficient (Wildman–Crippen LogP) is 2.66. The van der Waals surface area contributed by atoms with Gasteiger partial charge in [0.25, 0.3) is 5.91 Å². The van der Waals surface area contributed by atoms with Crippen molar-refractivity contribution < 1.29 is 19.1 Å². The lowest BCUT2D eigenvalue weighted by Crippen LogP contribution is -2.30. The molecule has 0 aromatic heterocycles. The van der Waals surface area contributed by atoms with E-state index < -0.39 is 18.0 Å². The summed E-state index contributed by atoms with van der Waals surface area (Å²) in [4.78, 5) is 35.8. The SMILES string of the molecule is CC(=O)c1ccccc1NC(=O)[C@H](C)OC(=O)c1ccc(N)cc1. The Morgan fingerprint density at radius 2 is 1.67 bits per heavy atom. The molecule has 24 heavy (non-hydrogen) atoms. The van der Waals surface area contributed by atoms with Crippen molar-refractivity contribution >= 4 is 29.0 Å². The average Bonchev–Trinajstić information content (AvgIpc) is 2.55. The van der Waals surface area contributed by atoms with E-state index in [1.54, 1.807) is 36.4 Å². The molecular formula is C18H18N2O4. The summed E-state index contributed by atoms with van der Waals surface area (Å²) in [6.07, 6.45) is -1.02. The largest absolute Gasteiger partial charge is 0.449 e. The highest BCUT2D eigenvalue weighted by Gasteiger charge is 2.20. The van der Waals surface area contributed by atoms with Crippen molar-refractivity contribution in [3.8, 4) is 0 Å². The van der Waals surface area contributed by atoms with Crippen LogP contribution in [0.25, 0.3) is 0 Å². The van der Waals surface area contributed by atoms with Crippen LogP contribution in [0.1, 0.15) is 34.6 Å². The Morgan fingerprint density at radius 3 is 2.29 bits per heavy atom. The summed E-state index contributed by atoms with van der Waals surface area (Å²) < 4.78 is 5.13. The third-order valence-corrected chi connectivity index (χ3v) is 3.36. The smallest absolute Gasteiger partial charge is 0.338 e.